The van der Waals surface area contributed by atoms with Crippen LogP contribution in [0.25, 0.3) is 0 Å². The second kappa shape index (κ2) is 10.4. The largest absolute Gasteiger partial charge is 0.267 e. The van der Waals surface area contributed by atoms with Crippen LogP contribution in [0.5, 0.6) is 0 Å². The minimum Gasteiger partial charge on any atom is -0.267 e. The molecule has 0 N–H and O–H groups in total. The molecule has 0 spiro atoms. The van der Waals surface area contributed by atoms with Gasteiger partial charge in [-0.25, -0.2) is 0 Å². The lowest BCUT2D eigenvalue weighted by molar-refractivity contribution is 1.09. The number of hydrogen-bond donors (Lipinski definition) is 0. The van der Waals surface area contributed by atoms with Gasteiger partial charge < -0.3 is 0 Å². The maximum atomic E-state index is 3.81. The monoisotopic (exact) mass is 127 g/mol. The first-order chi connectivity index (χ1) is 4.18. The summed E-state index contributed by atoms with van der Waals surface area (Å²) in [5.74, 6) is 0. The van der Waals surface area contributed by atoms with Gasteiger partial charge in [0, 0.05) is 11.9 Å². The highest BCUT2D eigenvalue weighted by Crippen LogP contribution is 1.71. The molecule has 54 valence electrons. The van der Waals surface area contributed by atoms with Gasteiger partial charge in [-0.05, 0) is 13.8 Å². The van der Waals surface area contributed by atoms with Crippen molar-refractivity contribution in [2.45, 2.75) is 34.1 Å². The van der Waals surface area contributed by atoms with E-state index in [9.17, 15) is 0 Å². The van der Waals surface area contributed by atoms with Crippen molar-refractivity contribution in [2.75, 3.05) is 0 Å². The topological polar surface area (TPSA) is 12.4 Å². The molecule has 0 saturated carbocycles. The van der Waals surface area contributed by atoms with Gasteiger partial charge in [0.2, 0.25) is 0 Å². The normalized spacial score (nSPS) is 6.67. The summed E-state index contributed by atoms with van der Waals surface area (Å²) < 4.78 is 0. The molecule has 1 heteroatoms. The summed E-state index contributed by atoms with van der Waals surface area (Å²) in [6.07, 6.45) is 2.79. The molecule has 0 aliphatic heterocycles. The Bertz CT molecular complexity index is 78.6. The van der Waals surface area contributed by atoms with Gasteiger partial charge in [0.15, 0.2) is 0 Å². The summed E-state index contributed by atoms with van der Waals surface area (Å²) in [4.78, 5) is 3.81. The Labute approximate surface area is 58.5 Å². The van der Waals surface area contributed by atoms with Gasteiger partial charge in [0.1, 0.15) is 0 Å². The molecule has 0 aliphatic carbocycles. The lowest BCUT2D eigenvalue weighted by atomic mass is 10.5. The standard InChI is InChI=1S/C5H9N.C3H8/c1-4-6-5(2)3;1-3-2/h4H,1H2,2-3H3;3H2,1-2H3. The number of aliphatic imine (C=N–C) groups is 1. The van der Waals surface area contributed by atoms with E-state index < -0.39 is 0 Å². The Morgan fingerprint density at radius 2 is 1.78 bits per heavy atom. The molecule has 0 unspecified atom stereocenters. The van der Waals surface area contributed by atoms with E-state index in [2.05, 4.69) is 25.4 Å². The number of rotatable bonds is 1. The highest BCUT2D eigenvalue weighted by Gasteiger charge is 1.64. The van der Waals surface area contributed by atoms with Crippen molar-refractivity contribution >= 4 is 5.71 Å². The third kappa shape index (κ3) is 37.3. The number of nitrogens with zero attached hydrogens (tertiary/aromatic N) is 1. The Morgan fingerprint density at radius 1 is 1.44 bits per heavy atom. The highest BCUT2D eigenvalue weighted by atomic mass is 14.7. The lowest BCUT2D eigenvalue weighted by Gasteiger charge is -1.76. The maximum absolute atomic E-state index is 3.81. The maximum Gasteiger partial charge on any atom is 0.0194 e. The fourth-order valence-corrected chi connectivity index (χ4v) is 0.183. The summed E-state index contributed by atoms with van der Waals surface area (Å²) >= 11 is 0. The average Bonchev–Trinajstić information content (AvgIpc) is 1.67. The van der Waals surface area contributed by atoms with E-state index in [1.54, 1.807) is 0 Å². The quantitative estimate of drug-likeness (QED) is 0.480. The van der Waals surface area contributed by atoms with Gasteiger partial charge in [0.25, 0.3) is 0 Å². The number of hydrogen-bond acceptors (Lipinski definition) is 1. The summed E-state index contributed by atoms with van der Waals surface area (Å²) in [5.41, 5.74) is 1.05. The molecule has 0 amide bonds. The predicted molar refractivity (Wildman–Crippen MR) is 44.9 cm³/mol. The zero-order valence-corrected chi connectivity index (χ0v) is 6.94. The van der Waals surface area contributed by atoms with Crippen molar-refractivity contribution < 1.29 is 0 Å². The van der Waals surface area contributed by atoms with Crippen LogP contribution >= 0.6 is 0 Å². The van der Waals surface area contributed by atoms with Crippen molar-refractivity contribution in [1.29, 1.82) is 0 Å². The Hall–Kier alpha value is -0.590. The van der Waals surface area contributed by atoms with Crippen molar-refractivity contribution in [2.24, 2.45) is 4.99 Å². The van der Waals surface area contributed by atoms with Crippen molar-refractivity contribution in [3.8, 4) is 0 Å². The molecule has 1 nitrogen and oxygen atoms in total. The van der Waals surface area contributed by atoms with Crippen molar-refractivity contribution in [3.05, 3.63) is 12.8 Å². The van der Waals surface area contributed by atoms with Crippen LogP contribution in [-0.4, -0.2) is 5.71 Å². The Morgan fingerprint density at radius 3 is 1.78 bits per heavy atom. The van der Waals surface area contributed by atoms with Gasteiger partial charge >= 0.3 is 0 Å². The minimum absolute atomic E-state index is 1.05. The first-order valence-electron chi connectivity index (χ1n) is 3.30. The third-order valence-corrected chi connectivity index (χ3v) is 0.349. The molecule has 0 aromatic heterocycles. The molecule has 0 aromatic carbocycles. The zero-order valence-electron chi connectivity index (χ0n) is 6.94. The van der Waals surface area contributed by atoms with Crippen LogP contribution in [0.15, 0.2) is 17.8 Å². The summed E-state index contributed by atoms with van der Waals surface area (Å²) in [7, 11) is 0. The zero-order chi connectivity index (χ0) is 7.70. The van der Waals surface area contributed by atoms with Gasteiger partial charge in [-0.3, -0.25) is 4.99 Å². The Balaban J connectivity index is 0. The molecule has 0 aliphatic rings. The van der Waals surface area contributed by atoms with Crippen molar-refractivity contribution in [3.63, 3.8) is 0 Å². The smallest absolute Gasteiger partial charge is 0.0194 e. The molecule has 0 fully saturated rings. The van der Waals surface area contributed by atoms with Crippen LogP contribution in [0.4, 0.5) is 0 Å². The van der Waals surface area contributed by atoms with Crippen LogP contribution in [0, 0.1) is 0 Å². The fourth-order valence-electron chi connectivity index (χ4n) is 0.183. The first-order valence-corrected chi connectivity index (χ1v) is 3.30. The second-order valence-electron chi connectivity index (χ2n) is 1.97. The lowest BCUT2D eigenvalue weighted by Crippen LogP contribution is -1.73. The predicted octanol–water partition coefficient (Wildman–Crippen LogP) is 3.03. The molecular weight excluding hydrogens is 110 g/mol. The molecule has 0 aromatic rings. The van der Waals surface area contributed by atoms with Crippen LogP contribution in [0.3, 0.4) is 0 Å². The second-order valence-corrected chi connectivity index (χ2v) is 1.97. The molecular formula is C8H17N. The van der Waals surface area contributed by atoms with E-state index >= 15 is 0 Å². The van der Waals surface area contributed by atoms with E-state index in [0.717, 1.165) is 5.71 Å². The average molecular weight is 127 g/mol. The van der Waals surface area contributed by atoms with E-state index in [4.69, 9.17) is 0 Å². The minimum atomic E-state index is 1.05. The van der Waals surface area contributed by atoms with Crippen LogP contribution in [0.1, 0.15) is 34.1 Å². The SMILES string of the molecule is C=CN=C(C)C.CCC. The van der Waals surface area contributed by atoms with E-state index in [-0.39, 0.29) is 0 Å². The van der Waals surface area contributed by atoms with Gasteiger partial charge in [-0.1, -0.05) is 26.8 Å². The molecule has 0 atom stereocenters. The summed E-state index contributed by atoms with van der Waals surface area (Å²) in [5, 5.41) is 0. The van der Waals surface area contributed by atoms with Crippen LogP contribution in [-0.2, 0) is 0 Å². The molecule has 0 radical (unpaired) electrons. The molecule has 0 rings (SSSR count). The Kier molecular flexibility index (Phi) is 13.0. The van der Waals surface area contributed by atoms with Gasteiger partial charge in [-0.2, -0.15) is 0 Å². The van der Waals surface area contributed by atoms with Gasteiger partial charge in [0.05, 0.1) is 0 Å². The first kappa shape index (κ1) is 11.2. The third-order valence-electron chi connectivity index (χ3n) is 0.349. The van der Waals surface area contributed by atoms with E-state index in [1.807, 2.05) is 13.8 Å². The molecule has 0 saturated heterocycles. The van der Waals surface area contributed by atoms with Crippen LogP contribution < -0.4 is 0 Å². The fraction of sp³-hybridized carbons (Fsp3) is 0.625. The van der Waals surface area contributed by atoms with Crippen LogP contribution in [0.2, 0.25) is 0 Å². The highest BCUT2D eigenvalue weighted by molar-refractivity contribution is 5.79. The van der Waals surface area contributed by atoms with E-state index in [1.165, 1.54) is 12.6 Å². The summed E-state index contributed by atoms with van der Waals surface area (Å²) in [6, 6.07) is 0. The molecule has 0 bridgehead atoms. The molecule has 9 heavy (non-hydrogen) atoms. The van der Waals surface area contributed by atoms with Gasteiger partial charge in [-0.15, -0.1) is 0 Å². The summed E-state index contributed by atoms with van der Waals surface area (Å²) in [6.45, 7) is 11.5. The van der Waals surface area contributed by atoms with Crippen molar-refractivity contribution in [1.82, 2.24) is 0 Å². The van der Waals surface area contributed by atoms with E-state index in [0.29, 0.717) is 0 Å². The molecule has 0 heterocycles.